The summed E-state index contributed by atoms with van der Waals surface area (Å²) >= 11 is 0. The minimum Gasteiger partial charge on any atom is -0.508 e. The summed E-state index contributed by atoms with van der Waals surface area (Å²) < 4.78 is 5.37. The van der Waals surface area contributed by atoms with E-state index < -0.39 is 35.6 Å². The quantitative estimate of drug-likeness (QED) is 0.320. The predicted molar refractivity (Wildman–Crippen MR) is 148 cm³/mol. The van der Waals surface area contributed by atoms with Crippen molar-refractivity contribution in [3.05, 3.63) is 58.7 Å². The number of benzene rings is 2. The Balaban J connectivity index is 2.56. The molecule has 0 bridgehead atoms. The number of rotatable bonds is 8. The molecule has 8 nitrogen and oxygen atoms in total. The lowest BCUT2D eigenvalue weighted by Gasteiger charge is -2.32. The fourth-order valence-corrected chi connectivity index (χ4v) is 4.00. The van der Waals surface area contributed by atoms with Crippen molar-refractivity contribution in [2.24, 2.45) is 5.92 Å². The van der Waals surface area contributed by atoms with Crippen LogP contribution in [0.15, 0.2) is 36.4 Å². The molecule has 0 aliphatic rings. The van der Waals surface area contributed by atoms with Crippen LogP contribution < -0.4 is 10.6 Å². The molecule has 3 N–H and O–H groups in total. The van der Waals surface area contributed by atoms with E-state index in [0.717, 1.165) is 16.0 Å². The molecule has 3 amide bonds. The zero-order chi connectivity index (χ0) is 28.8. The first-order chi connectivity index (χ1) is 17.7. The van der Waals surface area contributed by atoms with Crippen LogP contribution in [-0.2, 0) is 14.3 Å². The number of para-hydroxylation sites is 1. The van der Waals surface area contributed by atoms with Crippen molar-refractivity contribution < 1.29 is 24.2 Å². The second-order valence-electron chi connectivity index (χ2n) is 10.6. The van der Waals surface area contributed by atoms with Crippen LogP contribution in [0.3, 0.4) is 0 Å². The number of aryl methyl sites for hydroxylation is 3. The Kier molecular flexibility index (Phi) is 9.95. The number of ether oxygens (including phenoxy) is 1. The number of hydrogen-bond acceptors (Lipinski definition) is 5. The van der Waals surface area contributed by atoms with Gasteiger partial charge < -0.3 is 20.5 Å². The van der Waals surface area contributed by atoms with Gasteiger partial charge in [0.2, 0.25) is 0 Å². The fraction of sp³-hybridized carbons (Fsp3) is 0.433. The number of phenols is 1. The maximum absolute atomic E-state index is 13.9. The van der Waals surface area contributed by atoms with E-state index in [2.05, 4.69) is 16.7 Å². The standard InChI is InChI=1S/C30H39N3O5/c1-10-18(3)25(32-29(37)38-30(7,8)9)28(36)33(11-2)26(22-15-16-23(34)21(6)17-22)27(35)31-24-19(4)13-12-14-20(24)5/h2,12-18,25-26,34H,10H2,1,3-9H3,(H,31,35)(H,32,37). The van der Waals surface area contributed by atoms with Crippen molar-refractivity contribution in [3.8, 4) is 18.2 Å². The normalized spacial score (nSPS) is 13.4. The molecule has 0 radical (unpaired) electrons. The van der Waals surface area contributed by atoms with Crippen LogP contribution in [0, 0.1) is 39.2 Å². The van der Waals surface area contributed by atoms with Gasteiger partial charge in [0.1, 0.15) is 23.4 Å². The molecule has 8 heteroatoms. The number of phenolic OH excluding ortho intramolecular Hbond substituents is 1. The first-order valence-electron chi connectivity index (χ1n) is 12.7. The van der Waals surface area contributed by atoms with Gasteiger partial charge in [-0.05, 0) is 81.8 Å². The van der Waals surface area contributed by atoms with E-state index in [1.807, 2.05) is 45.9 Å². The van der Waals surface area contributed by atoms with Gasteiger partial charge in [0.15, 0.2) is 0 Å². The highest BCUT2D eigenvalue weighted by Gasteiger charge is 2.38. The van der Waals surface area contributed by atoms with Gasteiger partial charge in [0.05, 0.1) is 0 Å². The zero-order valence-electron chi connectivity index (χ0n) is 23.5. The lowest BCUT2D eigenvalue weighted by atomic mass is 9.95. The van der Waals surface area contributed by atoms with Crippen molar-refractivity contribution >= 4 is 23.6 Å². The average molecular weight is 522 g/mol. The minimum absolute atomic E-state index is 0.0466. The summed E-state index contributed by atoms with van der Waals surface area (Å²) in [5.41, 5.74) is 2.48. The first-order valence-corrected chi connectivity index (χ1v) is 12.7. The Morgan fingerprint density at radius 1 is 1.08 bits per heavy atom. The Morgan fingerprint density at radius 3 is 2.18 bits per heavy atom. The molecule has 0 spiro atoms. The summed E-state index contributed by atoms with van der Waals surface area (Å²) in [6, 6.07) is 10.3. The second-order valence-corrected chi connectivity index (χ2v) is 10.6. The van der Waals surface area contributed by atoms with E-state index in [0.29, 0.717) is 23.2 Å². The van der Waals surface area contributed by atoms with Gasteiger partial charge in [-0.25, -0.2) is 4.79 Å². The molecule has 3 unspecified atom stereocenters. The molecule has 0 saturated heterocycles. The molecule has 2 rings (SSSR count). The molecule has 0 aliphatic heterocycles. The Labute approximate surface area is 225 Å². The molecule has 2 aromatic rings. The minimum atomic E-state index is -1.24. The Bertz CT molecular complexity index is 1210. The van der Waals surface area contributed by atoms with Crippen molar-refractivity contribution in [3.63, 3.8) is 0 Å². The molecule has 0 heterocycles. The average Bonchev–Trinajstić information content (AvgIpc) is 2.83. The summed E-state index contributed by atoms with van der Waals surface area (Å²) in [7, 11) is 0. The molecule has 0 aliphatic carbocycles. The summed E-state index contributed by atoms with van der Waals surface area (Å²) in [5, 5.41) is 15.7. The lowest BCUT2D eigenvalue weighted by Crippen LogP contribution is -2.53. The Hall–Kier alpha value is -3.99. The number of hydrogen-bond donors (Lipinski definition) is 3. The molecule has 38 heavy (non-hydrogen) atoms. The number of anilines is 1. The first kappa shape index (κ1) is 30.2. The summed E-state index contributed by atoms with van der Waals surface area (Å²) in [4.78, 5) is 41.3. The molecule has 0 saturated carbocycles. The summed E-state index contributed by atoms with van der Waals surface area (Å²) in [6.45, 7) is 14.3. The predicted octanol–water partition coefficient (Wildman–Crippen LogP) is 5.36. The largest absolute Gasteiger partial charge is 0.508 e. The van der Waals surface area contributed by atoms with E-state index in [4.69, 9.17) is 11.2 Å². The highest BCUT2D eigenvalue weighted by molar-refractivity contribution is 6.00. The van der Waals surface area contributed by atoms with Crippen LogP contribution in [0.1, 0.15) is 69.3 Å². The number of alkyl carbamates (subject to hydrolysis) is 1. The molecule has 0 aromatic heterocycles. The fourth-order valence-electron chi connectivity index (χ4n) is 4.00. The number of nitrogens with one attached hydrogen (secondary N) is 2. The van der Waals surface area contributed by atoms with Crippen LogP contribution in [0.5, 0.6) is 5.75 Å². The Morgan fingerprint density at radius 2 is 1.68 bits per heavy atom. The second kappa shape index (κ2) is 12.5. The monoisotopic (exact) mass is 521 g/mol. The van der Waals surface area contributed by atoms with Gasteiger partial charge in [0.25, 0.3) is 11.8 Å². The van der Waals surface area contributed by atoms with Crippen LogP contribution in [0.2, 0.25) is 0 Å². The number of carbonyl (C=O) groups is 3. The van der Waals surface area contributed by atoms with E-state index in [1.54, 1.807) is 39.8 Å². The molecular weight excluding hydrogens is 482 g/mol. The van der Waals surface area contributed by atoms with Crippen molar-refractivity contribution in [1.29, 1.82) is 0 Å². The third kappa shape index (κ3) is 7.51. The van der Waals surface area contributed by atoms with Crippen molar-refractivity contribution in [2.45, 2.75) is 79.5 Å². The van der Waals surface area contributed by atoms with Crippen molar-refractivity contribution in [2.75, 3.05) is 5.32 Å². The van der Waals surface area contributed by atoms with Gasteiger partial charge in [-0.1, -0.05) is 51.0 Å². The van der Waals surface area contributed by atoms with Crippen LogP contribution in [0.25, 0.3) is 0 Å². The van der Waals surface area contributed by atoms with Gasteiger partial charge >= 0.3 is 6.09 Å². The maximum atomic E-state index is 13.9. The number of terminal acetylenes is 1. The van der Waals surface area contributed by atoms with Crippen LogP contribution in [0.4, 0.5) is 10.5 Å². The molecular formula is C30H39N3O5. The molecule has 2 aromatic carbocycles. The topological polar surface area (TPSA) is 108 Å². The van der Waals surface area contributed by atoms with Gasteiger partial charge in [0, 0.05) is 11.7 Å². The molecule has 204 valence electrons. The smallest absolute Gasteiger partial charge is 0.408 e. The van der Waals surface area contributed by atoms with Crippen LogP contribution >= 0.6 is 0 Å². The van der Waals surface area contributed by atoms with Gasteiger partial charge in [-0.15, -0.1) is 0 Å². The van der Waals surface area contributed by atoms with Gasteiger partial charge in [-0.3, -0.25) is 14.5 Å². The number of carbonyl (C=O) groups excluding carboxylic acids is 3. The maximum Gasteiger partial charge on any atom is 0.408 e. The lowest BCUT2D eigenvalue weighted by molar-refractivity contribution is -0.137. The van der Waals surface area contributed by atoms with E-state index in [9.17, 15) is 19.5 Å². The summed E-state index contributed by atoms with van der Waals surface area (Å²) in [5.74, 6) is -1.42. The third-order valence-corrected chi connectivity index (χ3v) is 6.30. The number of amides is 3. The van der Waals surface area contributed by atoms with E-state index in [-0.39, 0.29) is 11.7 Å². The number of nitrogens with zero attached hydrogens (tertiary/aromatic N) is 1. The van der Waals surface area contributed by atoms with Crippen molar-refractivity contribution in [1.82, 2.24) is 10.2 Å². The summed E-state index contributed by atoms with van der Waals surface area (Å²) in [6.07, 6.45) is 5.66. The SMILES string of the molecule is C#CN(C(=O)C(NC(=O)OC(C)(C)C)C(C)CC)C(C(=O)Nc1c(C)cccc1C)c1ccc(O)c(C)c1. The van der Waals surface area contributed by atoms with Crippen LogP contribution in [-0.4, -0.2) is 39.6 Å². The number of aromatic hydroxyl groups is 1. The zero-order valence-corrected chi connectivity index (χ0v) is 23.5. The highest BCUT2D eigenvalue weighted by Crippen LogP contribution is 2.30. The molecule has 3 atom stereocenters. The van der Waals surface area contributed by atoms with E-state index >= 15 is 0 Å². The van der Waals surface area contributed by atoms with E-state index in [1.165, 1.54) is 6.07 Å². The van der Waals surface area contributed by atoms with Gasteiger partial charge in [-0.2, -0.15) is 0 Å². The molecule has 0 fully saturated rings. The highest BCUT2D eigenvalue weighted by atomic mass is 16.6. The third-order valence-electron chi connectivity index (χ3n) is 6.30.